The summed E-state index contributed by atoms with van der Waals surface area (Å²) in [5.74, 6) is 1.69. The Bertz CT molecular complexity index is 4060. The third-order valence-corrected chi connectivity index (χ3v) is 13.6. The number of rotatable bonds is 4. The largest absolute Gasteiger partial charge is 0.456 e. The summed E-state index contributed by atoms with van der Waals surface area (Å²) < 4.78 is 18.1. The second-order valence-electron chi connectivity index (χ2n) is 15.9. The predicted molar refractivity (Wildman–Crippen MR) is 255 cm³/mol. The molecule has 0 amide bonds. The smallest absolute Gasteiger partial charge is 0.166 e. The first-order valence-electron chi connectivity index (χ1n) is 20.7. The molecule has 0 atom stereocenters. The molecular weight excluding hydrogens is 781 g/mol. The summed E-state index contributed by atoms with van der Waals surface area (Å²) >= 11 is 1.78. The van der Waals surface area contributed by atoms with E-state index < -0.39 is 0 Å². The zero-order chi connectivity index (χ0) is 40.5. The maximum atomic E-state index is 6.97. The Labute approximate surface area is 356 Å². The monoisotopic (exact) mass is 810 g/mol. The Morgan fingerprint density at radius 2 is 0.968 bits per heavy atom. The van der Waals surface area contributed by atoms with Crippen LogP contribution in [-0.4, -0.2) is 19.5 Å². The van der Waals surface area contributed by atoms with Gasteiger partial charge in [-0.1, -0.05) is 121 Å². The lowest BCUT2D eigenvalue weighted by Gasteiger charge is -2.16. The summed E-state index contributed by atoms with van der Waals surface area (Å²) in [5, 5.41) is 11.0. The Hall–Kier alpha value is -8.13. The Morgan fingerprint density at radius 3 is 1.79 bits per heavy atom. The molecule has 14 aromatic rings. The van der Waals surface area contributed by atoms with Crippen molar-refractivity contribution in [2.45, 2.75) is 0 Å². The number of fused-ring (bicyclic) bond motifs is 13. The van der Waals surface area contributed by atoms with Crippen molar-refractivity contribution in [3.05, 3.63) is 182 Å². The highest BCUT2D eigenvalue weighted by Gasteiger charge is 2.26. The fourth-order valence-electron chi connectivity index (χ4n) is 9.73. The van der Waals surface area contributed by atoms with Gasteiger partial charge in [0, 0.05) is 69.2 Å². The lowest BCUT2D eigenvalue weighted by atomic mass is 10.0. The van der Waals surface area contributed by atoms with E-state index in [4.69, 9.17) is 23.8 Å². The van der Waals surface area contributed by atoms with E-state index in [0.717, 1.165) is 98.8 Å². The van der Waals surface area contributed by atoms with E-state index in [1.807, 2.05) is 42.5 Å². The van der Waals surface area contributed by atoms with Crippen LogP contribution in [0.5, 0.6) is 0 Å². The molecule has 0 aliphatic rings. The van der Waals surface area contributed by atoms with E-state index in [9.17, 15) is 0 Å². The first-order valence-corrected chi connectivity index (χ1v) is 21.5. The number of benzene rings is 9. The molecule has 0 bridgehead atoms. The minimum atomic E-state index is 0.537. The van der Waals surface area contributed by atoms with Gasteiger partial charge in [-0.2, -0.15) is 0 Å². The normalized spacial score (nSPS) is 12.2. The van der Waals surface area contributed by atoms with Gasteiger partial charge in [-0.3, -0.25) is 0 Å². The van der Waals surface area contributed by atoms with Crippen LogP contribution in [0.4, 0.5) is 0 Å². The highest BCUT2D eigenvalue weighted by molar-refractivity contribution is 7.25. The van der Waals surface area contributed by atoms with Gasteiger partial charge in [0.25, 0.3) is 0 Å². The number of thiophene rings is 1. The standard InChI is InChI=1S/C55H30N4O2S/c1-2-14-32-30-43-41(29-31(32)13-1)33-15-3-7-21-42(33)59(43)51-40(28-27-35-34-16-4-8-22-44(34)61-52(35)51)55-57-53(38-19-11-24-46-49(38)36-17-5-9-23-45(36)60-46)56-54(58-55)39-20-12-26-48-50(39)37-18-6-10-25-47(37)62-48/h1-30H. The summed E-state index contributed by atoms with van der Waals surface area (Å²) in [7, 11) is 0. The second kappa shape index (κ2) is 12.7. The van der Waals surface area contributed by atoms with Crippen molar-refractivity contribution in [3.8, 4) is 39.9 Å². The molecule has 0 aliphatic carbocycles. The highest BCUT2D eigenvalue weighted by atomic mass is 32.1. The van der Waals surface area contributed by atoms with Gasteiger partial charge in [-0.05, 0) is 71.4 Å². The summed E-state index contributed by atoms with van der Waals surface area (Å²) in [4.78, 5) is 16.4. The number of furan rings is 2. The minimum absolute atomic E-state index is 0.537. The van der Waals surface area contributed by atoms with Gasteiger partial charge in [0.1, 0.15) is 22.4 Å². The summed E-state index contributed by atoms with van der Waals surface area (Å²) in [5.41, 5.74) is 8.81. The molecule has 0 unspecified atom stereocenters. The molecule has 9 aromatic carbocycles. The van der Waals surface area contributed by atoms with Crippen molar-refractivity contribution < 1.29 is 8.83 Å². The van der Waals surface area contributed by atoms with Gasteiger partial charge in [0.15, 0.2) is 23.1 Å². The quantitative estimate of drug-likeness (QED) is 0.177. The van der Waals surface area contributed by atoms with Gasteiger partial charge in [0.2, 0.25) is 0 Å². The van der Waals surface area contributed by atoms with Crippen LogP contribution in [0.25, 0.3) is 136 Å². The van der Waals surface area contributed by atoms with E-state index in [1.165, 1.54) is 20.2 Å². The van der Waals surface area contributed by atoms with Crippen molar-refractivity contribution in [3.63, 3.8) is 0 Å². The fraction of sp³-hybridized carbons (Fsp3) is 0. The van der Waals surface area contributed by atoms with Gasteiger partial charge in [-0.15, -0.1) is 11.3 Å². The van der Waals surface area contributed by atoms with Crippen LogP contribution in [-0.2, 0) is 0 Å². The first-order chi connectivity index (χ1) is 30.7. The molecule has 6 nitrogen and oxygen atoms in total. The number of hydrogen-bond donors (Lipinski definition) is 0. The number of para-hydroxylation sites is 3. The molecule has 62 heavy (non-hydrogen) atoms. The molecule has 5 aromatic heterocycles. The second-order valence-corrected chi connectivity index (χ2v) is 16.9. The van der Waals surface area contributed by atoms with Gasteiger partial charge in [-0.25, -0.2) is 15.0 Å². The predicted octanol–water partition coefficient (Wildman–Crippen LogP) is 15.3. The van der Waals surface area contributed by atoms with Crippen molar-refractivity contribution in [2.75, 3.05) is 0 Å². The van der Waals surface area contributed by atoms with E-state index >= 15 is 0 Å². The average Bonchev–Trinajstić information content (AvgIpc) is 4.09. The zero-order valence-corrected chi connectivity index (χ0v) is 33.7. The maximum absolute atomic E-state index is 6.97. The van der Waals surface area contributed by atoms with E-state index in [1.54, 1.807) is 11.3 Å². The van der Waals surface area contributed by atoms with Crippen LogP contribution in [0.1, 0.15) is 0 Å². The van der Waals surface area contributed by atoms with Crippen LogP contribution in [0.15, 0.2) is 191 Å². The van der Waals surface area contributed by atoms with Gasteiger partial charge >= 0.3 is 0 Å². The number of nitrogens with zero attached hydrogens (tertiary/aromatic N) is 4. The summed E-state index contributed by atoms with van der Waals surface area (Å²) in [6, 6.07) is 63.7. The molecule has 7 heteroatoms. The Morgan fingerprint density at radius 1 is 0.371 bits per heavy atom. The van der Waals surface area contributed by atoms with Crippen LogP contribution in [0.3, 0.4) is 0 Å². The van der Waals surface area contributed by atoms with E-state index in [2.05, 4.69) is 144 Å². The average molecular weight is 811 g/mol. The molecule has 288 valence electrons. The molecule has 5 heterocycles. The minimum Gasteiger partial charge on any atom is -0.456 e. The van der Waals surface area contributed by atoms with Crippen LogP contribution in [0.2, 0.25) is 0 Å². The van der Waals surface area contributed by atoms with E-state index in [-0.39, 0.29) is 0 Å². The fourth-order valence-corrected chi connectivity index (χ4v) is 10.9. The van der Waals surface area contributed by atoms with Crippen LogP contribution in [0, 0.1) is 0 Å². The molecule has 0 saturated carbocycles. The molecule has 14 rings (SSSR count). The number of aromatic nitrogens is 4. The molecule has 0 N–H and O–H groups in total. The molecule has 0 fully saturated rings. The maximum Gasteiger partial charge on any atom is 0.166 e. The summed E-state index contributed by atoms with van der Waals surface area (Å²) in [6.07, 6.45) is 0. The topological polar surface area (TPSA) is 69.9 Å². The number of hydrogen-bond acceptors (Lipinski definition) is 6. The van der Waals surface area contributed by atoms with Crippen molar-refractivity contribution >= 4 is 108 Å². The van der Waals surface area contributed by atoms with Crippen molar-refractivity contribution in [2.24, 2.45) is 0 Å². The van der Waals surface area contributed by atoms with Crippen LogP contribution >= 0.6 is 11.3 Å². The van der Waals surface area contributed by atoms with Gasteiger partial charge < -0.3 is 13.4 Å². The molecule has 0 aliphatic heterocycles. The SMILES string of the molecule is c1ccc2cc3c(cc2c1)c1ccccc1n3-c1c(-c2nc(-c3cccc4oc5ccccc5c34)nc(-c3cccc4sc5ccccc5c34)n2)ccc2c1oc1ccccc12. The third kappa shape index (κ3) is 4.76. The zero-order valence-electron chi connectivity index (χ0n) is 32.8. The lowest BCUT2D eigenvalue weighted by molar-refractivity contribution is 0.666. The highest BCUT2D eigenvalue weighted by Crippen LogP contribution is 2.45. The molecule has 0 saturated heterocycles. The lowest BCUT2D eigenvalue weighted by Crippen LogP contribution is -2.04. The van der Waals surface area contributed by atoms with Crippen molar-refractivity contribution in [1.29, 1.82) is 0 Å². The van der Waals surface area contributed by atoms with Crippen LogP contribution < -0.4 is 0 Å². The summed E-state index contributed by atoms with van der Waals surface area (Å²) in [6.45, 7) is 0. The Balaban J connectivity index is 1.14. The first kappa shape index (κ1) is 33.7. The van der Waals surface area contributed by atoms with Crippen molar-refractivity contribution in [1.82, 2.24) is 19.5 Å². The van der Waals surface area contributed by atoms with Gasteiger partial charge in [0.05, 0.1) is 11.0 Å². The Kier molecular flexibility index (Phi) is 6.89. The molecule has 0 radical (unpaired) electrons. The third-order valence-electron chi connectivity index (χ3n) is 12.4. The van der Waals surface area contributed by atoms with E-state index in [0.29, 0.717) is 17.5 Å². The molecular formula is C55H30N4O2S. The molecule has 0 spiro atoms.